The van der Waals surface area contributed by atoms with E-state index in [0.717, 1.165) is 4.90 Å². The van der Waals surface area contributed by atoms with Gasteiger partial charge in [-0.25, -0.2) is 0 Å². The Bertz CT molecular complexity index is 943. The molecule has 2 N–H and O–H groups in total. The molecule has 1 fully saturated rings. The van der Waals surface area contributed by atoms with Crippen molar-refractivity contribution >= 4 is 64.1 Å². The minimum absolute atomic E-state index is 0.0196. The number of aromatic hydroxyl groups is 1. The van der Waals surface area contributed by atoms with Crippen LogP contribution in [0.3, 0.4) is 0 Å². The maximum atomic E-state index is 12.8. The molecule has 1 aliphatic heterocycles. The first-order valence-electron chi connectivity index (χ1n) is 7.02. The number of anilines is 1. The zero-order chi connectivity index (χ0) is 18.1. The van der Waals surface area contributed by atoms with Crippen molar-refractivity contribution in [1.82, 2.24) is 5.32 Å². The van der Waals surface area contributed by atoms with E-state index in [2.05, 4.69) is 5.32 Å². The van der Waals surface area contributed by atoms with E-state index in [9.17, 15) is 14.7 Å². The molecule has 0 saturated carbocycles. The van der Waals surface area contributed by atoms with Gasteiger partial charge in [-0.05, 0) is 54.2 Å². The van der Waals surface area contributed by atoms with Crippen LogP contribution in [0.1, 0.15) is 5.56 Å². The molecule has 3 rings (SSSR count). The van der Waals surface area contributed by atoms with Gasteiger partial charge in [0.15, 0.2) is 5.11 Å². The van der Waals surface area contributed by atoms with Gasteiger partial charge in [0, 0.05) is 5.02 Å². The number of benzene rings is 2. The molecular formula is C17H10Cl2N2O3S. The van der Waals surface area contributed by atoms with Crippen molar-refractivity contribution in [1.29, 1.82) is 0 Å². The molecule has 2 aromatic carbocycles. The number of carbonyl (C=O) groups excluding carboxylic acids is 2. The molecule has 25 heavy (non-hydrogen) atoms. The Hall–Kier alpha value is -2.41. The van der Waals surface area contributed by atoms with Crippen LogP contribution in [-0.4, -0.2) is 22.0 Å². The number of nitrogens with zero attached hydrogens (tertiary/aromatic N) is 1. The number of hydrogen-bond acceptors (Lipinski definition) is 4. The van der Waals surface area contributed by atoms with Crippen molar-refractivity contribution in [2.24, 2.45) is 0 Å². The summed E-state index contributed by atoms with van der Waals surface area (Å²) < 4.78 is 0. The summed E-state index contributed by atoms with van der Waals surface area (Å²) in [4.78, 5) is 26.1. The highest BCUT2D eigenvalue weighted by molar-refractivity contribution is 7.80. The third kappa shape index (κ3) is 3.51. The van der Waals surface area contributed by atoms with Gasteiger partial charge in [-0.3, -0.25) is 19.8 Å². The predicted octanol–water partition coefficient (Wildman–Crippen LogP) is 3.53. The first-order chi connectivity index (χ1) is 11.9. The van der Waals surface area contributed by atoms with Crippen LogP contribution < -0.4 is 10.2 Å². The molecular weight excluding hydrogens is 383 g/mol. The quantitative estimate of drug-likeness (QED) is 0.465. The minimum Gasteiger partial charge on any atom is -0.508 e. The Morgan fingerprint density at radius 1 is 1.12 bits per heavy atom. The summed E-state index contributed by atoms with van der Waals surface area (Å²) in [7, 11) is 0. The van der Waals surface area contributed by atoms with E-state index in [1.54, 1.807) is 18.2 Å². The third-order valence-corrected chi connectivity index (χ3v) is 4.26. The molecule has 1 heterocycles. The number of phenolic OH excluding ortho intramolecular Hbond substituents is 1. The number of phenols is 1. The standard InChI is InChI=1S/C17H10Cl2N2O3S/c18-10-4-5-14(13(19)8-10)21-16(24)12(15(23)20-17(21)25)7-9-2-1-3-11(22)6-9/h1-8,22H,(H,20,23,25)/b12-7+. The maximum Gasteiger partial charge on any atom is 0.270 e. The Kier molecular flexibility index (Phi) is 4.76. The number of hydrogen-bond donors (Lipinski definition) is 2. The Balaban J connectivity index is 2.05. The Labute approximate surface area is 158 Å². The first kappa shape index (κ1) is 17.4. The smallest absolute Gasteiger partial charge is 0.270 e. The highest BCUT2D eigenvalue weighted by Gasteiger charge is 2.35. The molecule has 0 spiro atoms. The van der Waals surface area contributed by atoms with Gasteiger partial charge in [-0.1, -0.05) is 35.3 Å². The summed E-state index contributed by atoms with van der Waals surface area (Å²) >= 11 is 17.1. The molecule has 0 unspecified atom stereocenters. The van der Waals surface area contributed by atoms with Gasteiger partial charge < -0.3 is 5.11 Å². The van der Waals surface area contributed by atoms with E-state index in [-0.39, 0.29) is 21.5 Å². The maximum absolute atomic E-state index is 12.8. The van der Waals surface area contributed by atoms with Crippen molar-refractivity contribution in [2.75, 3.05) is 4.90 Å². The molecule has 0 bridgehead atoms. The summed E-state index contributed by atoms with van der Waals surface area (Å²) in [5.74, 6) is -1.23. The largest absolute Gasteiger partial charge is 0.508 e. The Morgan fingerprint density at radius 2 is 1.88 bits per heavy atom. The lowest BCUT2D eigenvalue weighted by atomic mass is 10.1. The summed E-state index contributed by atoms with van der Waals surface area (Å²) in [5, 5.41) is 12.5. The van der Waals surface area contributed by atoms with Crippen molar-refractivity contribution in [3.8, 4) is 5.75 Å². The van der Waals surface area contributed by atoms with Crippen LogP contribution in [0, 0.1) is 0 Å². The number of carbonyl (C=O) groups is 2. The number of rotatable bonds is 2. The topological polar surface area (TPSA) is 69.6 Å². The lowest BCUT2D eigenvalue weighted by molar-refractivity contribution is -0.122. The van der Waals surface area contributed by atoms with Crippen LogP contribution in [0.2, 0.25) is 10.0 Å². The monoisotopic (exact) mass is 392 g/mol. The number of amides is 2. The highest BCUT2D eigenvalue weighted by atomic mass is 35.5. The van der Waals surface area contributed by atoms with Crippen LogP contribution in [0.25, 0.3) is 6.08 Å². The van der Waals surface area contributed by atoms with Gasteiger partial charge in [-0.2, -0.15) is 0 Å². The van der Waals surface area contributed by atoms with Gasteiger partial charge in [0.05, 0.1) is 10.7 Å². The molecule has 126 valence electrons. The van der Waals surface area contributed by atoms with E-state index in [4.69, 9.17) is 35.4 Å². The molecule has 0 aromatic heterocycles. The van der Waals surface area contributed by atoms with E-state index in [0.29, 0.717) is 16.3 Å². The number of thiocarbonyl (C=S) groups is 1. The van der Waals surface area contributed by atoms with Gasteiger partial charge in [0.25, 0.3) is 11.8 Å². The van der Waals surface area contributed by atoms with E-state index in [1.165, 1.54) is 30.3 Å². The number of halogens is 2. The van der Waals surface area contributed by atoms with Crippen LogP contribution in [0.4, 0.5) is 5.69 Å². The second-order valence-corrected chi connectivity index (χ2v) is 6.38. The van der Waals surface area contributed by atoms with E-state index < -0.39 is 11.8 Å². The van der Waals surface area contributed by atoms with Gasteiger partial charge in [-0.15, -0.1) is 0 Å². The first-order valence-corrected chi connectivity index (χ1v) is 8.19. The van der Waals surface area contributed by atoms with Gasteiger partial charge >= 0.3 is 0 Å². The summed E-state index contributed by atoms with van der Waals surface area (Å²) in [5.41, 5.74) is 0.668. The molecule has 5 nitrogen and oxygen atoms in total. The van der Waals surface area contributed by atoms with E-state index in [1.807, 2.05) is 0 Å². The summed E-state index contributed by atoms with van der Waals surface area (Å²) in [6.45, 7) is 0. The van der Waals surface area contributed by atoms with Crippen molar-refractivity contribution in [3.05, 3.63) is 63.6 Å². The van der Waals surface area contributed by atoms with E-state index >= 15 is 0 Å². The molecule has 2 amide bonds. The molecule has 0 atom stereocenters. The van der Waals surface area contributed by atoms with Crippen molar-refractivity contribution < 1.29 is 14.7 Å². The third-order valence-electron chi connectivity index (χ3n) is 3.43. The van der Waals surface area contributed by atoms with Crippen LogP contribution in [0.15, 0.2) is 48.0 Å². The minimum atomic E-state index is -0.625. The molecule has 0 radical (unpaired) electrons. The highest BCUT2D eigenvalue weighted by Crippen LogP contribution is 2.31. The molecule has 0 aliphatic carbocycles. The lowest BCUT2D eigenvalue weighted by Crippen LogP contribution is -2.54. The second kappa shape index (κ2) is 6.84. The number of nitrogens with one attached hydrogen (secondary N) is 1. The second-order valence-electron chi connectivity index (χ2n) is 5.15. The van der Waals surface area contributed by atoms with Crippen molar-refractivity contribution in [3.63, 3.8) is 0 Å². The van der Waals surface area contributed by atoms with Crippen LogP contribution in [0.5, 0.6) is 5.75 Å². The molecule has 8 heteroatoms. The fourth-order valence-corrected chi connectivity index (χ4v) is 3.09. The molecule has 1 saturated heterocycles. The average Bonchev–Trinajstić information content (AvgIpc) is 2.53. The average molecular weight is 393 g/mol. The molecule has 1 aliphatic rings. The molecule has 2 aromatic rings. The predicted molar refractivity (Wildman–Crippen MR) is 101 cm³/mol. The normalized spacial score (nSPS) is 16.3. The van der Waals surface area contributed by atoms with Crippen molar-refractivity contribution in [2.45, 2.75) is 0 Å². The van der Waals surface area contributed by atoms with Gasteiger partial charge in [0.1, 0.15) is 11.3 Å². The zero-order valence-electron chi connectivity index (χ0n) is 12.5. The Morgan fingerprint density at radius 3 is 2.56 bits per heavy atom. The fraction of sp³-hybridized carbons (Fsp3) is 0. The van der Waals surface area contributed by atoms with Crippen LogP contribution >= 0.6 is 35.4 Å². The van der Waals surface area contributed by atoms with Crippen LogP contribution in [-0.2, 0) is 9.59 Å². The van der Waals surface area contributed by atoms with Gasteiger partial charge in [0.2, 0.25) is 0 Å². The fourth-order valence-electron chi connectivity index (χ4n) is 2.32. The SMILES string of the molecule is O=C1NC(=S)N(c2ccc(Cl)cc2Cl)C(=O)/C1=C/c1cccc(O)c1. The lowest BCUT2D eigenvalue weighted by Gasteiger charge is -2.29. The summed E-state index contributed by atoms with van der Waals surface area (Å²) in [6, 6.07) is 10.8. The zero-order valence-corrected chi connectivity index (χ0v) is 14.8. The summed E-state index contributed by atoms with van der Waals surface area (Å²) in [6.07, 6.45) is 1.37.